The maximum atomic E-state index is 11.1. The highest BCUT2D eigenvalue weighted by molar-refractivity contribution is 5.32. The Kier molecular flexibility index (Phi) is 3.53. The molecule has 3 nitrogen and oxygen atoms in total. The summed E-state index contributed by atoms with van der Waals surface area (Å²) in [6.07, 6.45) is 4.13. The molecule has 1 aromatic rings. The average molecular weight is 289 g/mol. The minimum atomic E-state index is -0.668. The molecule has 116 valence electrons. The van der Waals surface area contributed by atoms with Crippen molar-refractivity contribution >= 4 is 0 Å². The molecule has 1 N–H and O–H groups in total. The van der Waals surface area contributed by atoms with E-state index in [0.717, 1.165) is 24.2 Å². The molecule has 2 aliphatic rings. The minimum absolute atomic E-state index is 0.189. The van der Waals surface area contributed by atoms with E-state index in [1.54, 1.807) is 0 Å². The lowest BCUT2D eigenvalue weighted by atomic mass is 9.81. The average Bonchev–Trinajstić information content (AvgIpc) is 2.61. The third-order valence-corrected chi connectivity index (χ3v) is 4.95. The number of nitrogens with zero attached hydrogens (tertiary/aromatic N) is 1. The van der Waals surface area contributed by atoms with Crippen molar-refractivity contribution in [2.24, 2.45) is 0 Å². The minimum Gasteiger partial charge on any atom is -0.488 e. The van der Waals surface area contributed by atoms with E-state index in [1.807, 2.05) is 45.0 Å². The third-order valence-electron chi connectivity index (χ3n) is 4.95. The first-order valence-corrected chi connectivity index (χ1v) is 8.01. The molecule has 21 heavy (non-hydrogen) atoms. The van der Waals surface area contributed by atoms with Crippen LogP contribution in [0.5, 0.6) is 5.75 Å². The van der Waals surface area contributed by atoms with Crippen LogP contribution in [-0.4, -0.2) is 34.7 Å². The molecule has 3 rings (SSSR count). The Balaban J connectivity index is 1.78. The zero-order valence-corrected chi connectivity index (χ0v) is 13.6. The van der Waals surface area contributed by atoms with Crippen molar-refractivity contribution in [1.82, 2.24) is 4.90 Å². The van der Waals surface area contributed by atoms with Crippen LogP contribution in [0.25, 0.3) is 0 Å². The molecule has 2 fully saturated rings. The highest BCUT2D eigenvalue weighted by atomic mass is 16.5. The molecule has 0 spiro atoms. The van der Waals surface area contributed by atoms with Crippen molar-refractivity contribution in [2.75, 3.05) is 7.05 Å². The van der Waals surface area contributed by atoms with Gasteiger partial charge in [-0.3, -0.25) is 0 Å². The second kappa shape index (κ2) is 4.99. The molecule has 0 amide bonds. The molecular weight excluding hydrogens is 262 g/mol. The number of hydrogen-bond acceptors (Lipinski definition) is 3. The molecule has 2 aliphatic heterocycles. The van der Waals surface area contributed by atoms with Gasteiger partial charge in [-0.25, -0.2) is 0 Å². The first-order valence-electron chi connectivity index (χ1n) is 8.01. The summed E-state index contributed by atoms with van der Waals surface area (Å²) in [5.41, 5.74) is 0.178. The van der Waals surface area contributed by atoms with E-state index in [1.165, 1.54) is 12.8 Å². The summed E-state index contributed by atoms with van der Waals surface area (Å²) in [5, 5.41) is 11.1. The van der Waals surface area contributed by atoms with Crippen molar-refractivity contribution in [3.63, 3.8) is 0 Å². The van der Waals surface area contributed by atoms with Crippen molar-refractivity contribution in [3.8, 4) is 5.75 Å². The van der Waals surface area contributed by atoms with Gasteiger partial charge in [-0.15, -0.1) is 0 Å². The van der Waals surface area contributed by atoms with Crippen molar-refractivity contribution in [1.29, 1.82) is 0 Å². The van der Waals surface area contributed by atoms with Gasteiger partial charge in [0, 0.05) is 12.1 Å². The topological polar surface area (TPSA) is 32.7 Å². The molecule has 1 aromatic carbocycles. The van der Waals surface area contributed by atoms with Gasteiger partial charge in [0.05, 0.1) is 5.60 Å². The standard InChI is InChI=1S/C18H27NO2/c1-17(2,3)21-16-9-5-13(6-10-16)18(20)11-14-7-8-15(12-18)19(14)4/h5-6,9-10,14-15,20H,7-8,11-12H2,1-4H3. The lowest BCUT2D eigenvalue weighted by Crippen LogP contribution is -2.47. The van der Waals surface area contributed by atoms with Crippen LogP contribution in [0.15, 0.2) is 24.3 Å². The molecule has 2 bridgehead atoms. The molecule has 2 saturated heterocycles. The van der Waals surface area contributed by atoms with Gasteiger partial charge in [0.1, 0.15) is 11.4 Å². The van der Waals surface area contributed by atoms with Gasteiger partial charge >= 0.3 is 0 Å². The van der Waals surface area contributed by atoms with Crippen LogP contribution in [-0.2, 0) is 5.60 Å². The largest absolute Gasteiger partial charge is 0.488 e. The molecule has 2 atom stereocenters. The van der Waals surface area contributed by atoms with E-state index in [-0.39, 0.29) is 5.60 Å². The second-order valence-corrected chi connectivity index (χ2v) is 7.73. The van der Waals surface area contributed by atoms with E-state index >= 15 is 0 Å². The summed E-state index contributed by atoms with van der Waals surface area (Å²) in [6, 6.07) is 9.09. The summed E-state index contributed by atoms with van der Waals surface area (Å²) < 4.78 is 5.86. The van der Waals surface area contributed by atoms with E-state index in [2.05, 4.69) is 11.9 Å². The first kappa shape index (κ1) is 14.9. The summed E-state index contributed by atoms with van der Waals surface area (Å²) in [7, 11) is 2.20. The zero-order valence-electron chi connectivity index (χ0n) is 13.6. The Labute approximate surface area is 127 Å². The van der Waals surface area contributed by atoms with Crippen LogP contribution in [0.3, 0.4) is 0 Å². The Bertz CT molecular complexity index is 489. The highest BCUT2D eigenvalue weighted by Crippen LogP contribution is 2.45. The van der Waals surface area contributed by atoms with E-state index in [9.17, 15) is 5.11 Å². The SMILES string of the molecule is CN1C2CCC1CC(O)(c1ccc(OC(C)(C)C)cc1)C2. The fourth-order valence-corrected chi connectivity index (χ4v) is 3.87. The van der Waals surface area contributed by atoms with Crippen LogP contribution in [0, 0.1) is 0 Å². The predicted octanol–water partition coefficient (Wildman–Crippen LogP) is 3.31. The van der Waals surface area contributed by atoms with Gasteiger partial charge < -0.3 is 14.7 Å². The number of ether oxygens (including phenoxy) is 1. The molecule has 0 aromatic heterocycles. The van der Waals surface area contributed by atoms with Crippen molar-refractivity contribution in [2.45, 2.75) is 69.7 Å². The summed E-state index contributed by atoms with van der Waals surface area (Å²) in [6.45, 7) is 6.13. The number of piperidine rings is 1. The van der Waals surface area contributed by atoms with Crippen LogP contribution in [0.2, 0.25) is 0 Å². The maximum Gasteiger partial charge on any atom is 0.120 e. The third kappa shape index (κ3) is 2.95. The summed E-state index contributed by atoms with van der Waals surface area (Å²) >= 11 is 0. The normalized spacial score (nSPS) is 33.2. The lowest BCUT2D eigenvalue weighted by molar-refractivity contribution is -0.0493. The van der Waals surface area contributed by atoms with E-state index in [4.69, 9.17) is 4.74 Å². The Morgan fingerprint density at radius 2 is 1.62 bits per heavy atom. The smallest absolute Gasteiger partial charge is 0.120 e. The number of fused-ring (bicyclic) bond motifs is 2. The summed E-state index contributed by atoms with van der Waals surface area (Å²) in [5.74, 6) is 0.866. The fraction of sp³-hybridized carbons (Fsp3) is 0.667. The maximum absolute atomic E-state index is 11.1. The molecular formula is C18H27NO2. The van der Waals surface area contributed by atoms with Gasteiger partial charge in [0.15, 0.2) is 0 Å². The van der Waals surface area contributed by atoms with Gasteiger partial charge in [0.25, 0.3) is 0 Å². The van der Waals surface area contributed by atoms with Crippen LogP contribution in [0.4, 0.5) is 0 Å². The van der Waals surface area contributed by atoms with Crippen LogP contribution < -0.4 is 4.74 Å². The van der Waals surface area contributed by atoms with Crippen molar-refractivity contribution in [3.05, 3.63) is 29.8 Å². The number of rotatable bonds is 2. The molecule has 2 unspecified atom stereocenters. The lowest BCUT2D eigenvalue weighted by Gasteiger charge is -2.42. The highest BCUT2D eigenvalue weighted by Gasteiger charge is 2.46. The quantitative estimate of drug-likeness (QED) is 0.906. The first-order chi connectivity index (χ1) is 9.77. The fourth-order valence-electron chi connectivity index (χ4n) is 3.87. The number of hydrogen-bond donors (Lipinski definition) is 1. The summed E-state index contributed by atoms with van der Waals surface area (Å²) in [4.78, 5) is 2.45. The van der Waals surface area contributed by atoms with E-state index < -0.39 is 5.60 Å². The molecule has 0 aliphatic carbocycles. The van der Waals surface area contributed by atoms with E-state index in [0.29, 0.717) is 12.1 Å². The zero-order chi connectivity index (χ0) is 15.3. The predicted molar refractivity (Wildman–Crippen MR) is 84.5 cm³/mol. The van der Waals surface area contributed by atoms with Crippen LogP contribution >= 0.6 is 0 Å². The molecule has 3 heteroatoms. The Hall–Kier alpha value is -1.06. The number of benzene rings is 1. The molecule has 0 saturated carbocycles. The van der Waals surface area contributed by atoms with Gasteiger partial charge in [-0.05, 0) is 71.2 Å². The molecule has 0 radical (unpaired) electrons. The van der Waals surface area contributed by atoms with Gasteiger partial charge in [-0.1, -0.05) is 12.1 Å². The number of aliphatic hydroxyl groups is 1. The Morgan fingerprint density at radius 3 is 2.10 bits per heavy atom. The monoisotopic (exact) mass is 289 g/mol. The molecule has 2 heterocycles. The van der Waals surface area contributed by atoms with Crippen molar-refractivity contribution < 1.29 is 9.84 Å². The van der Waals surface area contributed by atoms with Gasteiger partial charge in [-0.2, -0.15) is 0 Å². The Morgan fingerprint density at radius 1 is 1.10 bits per heavy atom. The second-order valence-electron chi connectivity index (χ2n) is 7.73. The van der Waals surface area contributed by atoms with Crippen LogP contribution in [0.1, 0.15) is 52.0 Å². The van der Waals surface area contributed by atoms with Gasteiger partial charge in [0.2, 0.25) is 0 Å².